The van der Waals surface area contributed by atoms with E-state index in [1.54, 1.807) is 12.1 Å². The minimum Gasteiger partial charge on any atom is -0.378 e. The minimum atomic E-state index is -0.104. The molecule has 0 aromatic heterocycles. The lowest BCUT2D eigenvalue weighted by Gasteiger charge is -2.09. The fourth-order valence-corrected chi connectivity index (χ4v) is 2.65. The first-order valence-electron chi connectivity index (χ1n) is 12.5. The van der Waals surface area contributed by atoms with Gasteiger partial charge >= 0.3 is 0 Å². The van der Waals surface area contributed by atoms with Crippen LogP contribution in [0.1, 0.15) is 10.4 Å². The average Bonchev–Trinajstić information content (AvgIpc) is 2.91. The molecule has 0 aliphatic rings. The molecule has 0 radical (unpaired) electrons. The van der Waals surface area contributed by atoms with Crippen LogP contribution < -0.4 is 11.1 Å². The van der Waals surface area contributed by atoms with E-state index in [4.69, 9.17) is 43.6 Å². The Balaban J connectivity index is 1.67. The van der Waals surface area contributed by atoms with Gasteiger partial charge in [0.25, 0.3) is 5.91 Å². The van der Waals surface area contributed by atoms with Gasteiger partial charge in [0.2, 0.25) is 0 Å². The average molecular weight is 517 g/mol. The SMILES string of the molecule is NCCOCCOCCOCCOCCOCCOCCOCCOCCNC(=O)c1ccccc1. The largest absolute Gasteiger partial charge is 0.378 e. The summed E-state index contributed by atoms with van der Waals surface area (Å²) in [5, 5.41) is 2.81. The second-order valence-corrected chi connectivity index (χ2v) is 7.31. The maximum absolute atomic E-state index is 11.8. The highest BCUT2D eigenvalue weighted by molar-refractivity contribution is 5.94. The number of ether oxygens (including phenoxy) is 8. The molecule has 0 spiro atoms. The molecule has 208 valence electrons. The maximum atomic E-state index is 11.8. The van der Waals surface area contributed by atoms with E-state index in [9.17, 15) is 4.79 Å². The fourth-order valence-electron chi connectivity index (χ4n) is 2.65. The Labute approximate surface area is 214 Å². The van der Waals surface area contributed by atoms with Gasteiger partial charge in [0.05, 0.1) is 106 Å². The predicted octanol–water partition coefficient (Wildman–Crippen LogP) is 0.508. The van der Waals surface area contributed by atoms with Crippen LogP contribution in [0.4, 0.5) is 0 Å². The van der Waals surface area contributed by atoms with Gasteiger partial charge < -0.3 is 48.9 Å². The van der Waals surface area contributed by atoms with Crippen molar-refractivity contribution in [2.45, 2.75) is 0 Å². The molecule has 11 nitrogen and oxygen atoms in total. The van der Waals surface area contributed by atoms with Gasteiger partial charge in [-0.15, -0.1) is 0 Å². The van der Waals surface area contributed by atoms with Gasteiger partial charge in [-0.1, -0.05) is 18.2 Å². The summed E-state index contributed by atoms with van der Waals surface area (Å²) in [7, 11) is 0. The smallest absolute Gasteiger partial charge is 0.251 e. The molecular formula is C25H44N2O9. The van der Waals surface area contributed by atoms with Gasteiger partial charge in [0.15, 0.2) is 0 Å². The number of rotatable bonds is 27. The highest BCUT2D eigenvalue weighted by Crippen LogP contribution is 1.97. The number of carbonyl (C=O) groups excluding carboxylic acids is 1. The second kappa shape index (κ2) is 26.4. The summed E-state index contributed by atoms with van der Waals surface area (Å²) in [4.78, 5) is 11.8. The van der Waals surface area contributed by atoms with Crippen molar-refractivity contribution in [3.05, 3.63) is 35.9 Å². The van der Waals surface area contributed by atoms with Crippen molar-refractivity contribution >= 4 is 5.91 Å². The molecule has 1 rings (SSSR count). The van der Waals surface area contributed by atoms with E-state index >= 15 is 0 Å². The molecule has 1 amide bonds. The Morgan fingerprint density at radius 2 is 0.861 bits per heavy atom. The van der Waals surface area contributed by atoms with Crippen molar-refractivity contribution < 1.29 is 42.7 Å². The van der Waals surface area contributed by atoms with E-state index in [1.807, 2.05) is 18.2 Å². The van der Waals surface area contributed by atoms with Crippen LogP contribution in [0.2, 0.25) is 0 Å². The van der Waals surface area contributed by atoms with Crippen LogP contribution in [0.5, 0.6) is 0 Å². The Morgan fingerprint density at radius 3 is 1.22 bits per heavy atom. The third-order valence-electron chi connectivity index (χ3n) is 4.43. The fraction of sp³-hybridized carbons (Fsp3) is 0.720. The van der Waals surface area contributed by atoms with Gasteiger partial charge in [-0.25, -0.2) is 0 Å². The zero-order valence-electron chi connectivity index (χ0n) is 21.4. The van der Waals surface area contributed by atoms with Crippen molar-refractivity contribution in [2.24, 2.45) is 5.73 Å². The molecule has 0 unspecified atom stereocenters. The summed E-state index contributed by atoms with van der Waals surface area (Å²) >= 11 is 0. The van der Waals surface area contributed by atoms with Gasteiger partial charge in [-0.05, 0) is 12.1 Å². The monoisotopic (exact) mass is 516 g/mol. The quantitative estimate of drug-likeness (QED) is 0.160. The first-order valence-corrected chi connectivity index (χ1v) is 12.5. The highest BCUT2D eigenvalue weighted by Gasteiger charge is 2.02. The Kier molecular flexibility index (Phi) is 23.7. The molecular weight excluding hydrogens is 472 g/mol. The molecule has 0 heterocycles. The highest BCUT2D eigenvalue weighted by atomic mass is 16.6. The zero-order valence-corrected chi connectivity index (χ0v) is 21.4. The number of nitrogens with two attached hydrogens (primary N) is 1. The first-order chi connectivity index (χ1) is 17.8. The summed E-state index contributed by atoms with van der Waals surface area (Å²) < 4.78 is 43.1. The summed E-state index contributed by atoms with van der Waals surface area (Å²) in [6.07, 6.45) is 0. The molecule has 0 aliphatic heterocycles. The topological polar surface area (TPSA) is 129 Å². The molecule has 0 saturated heterocycles. The summed E-state index contributed by atoms with van der Waals surface area (Å²) in [6, 6.07) is 9.08. The summed E-state index contributed by atoms with van der Waals surface area (Å²) in [6.45, 7) is 9.12. The number of hydrogen-bond acceptors (Lipinski definition) is 10. The normalized spacial score (nSPS) is 11.1. The van der Waals surface area contributed by atoms with Crippen LogP contribution in [-0.4, -0.2) is 125 Å². The molecule has 0 saturated carbocycles. The van der Waals surface area contributed by atoms with Crippen LogP contribution >= 0.6 is 0 Å². The summed E-state index contributed by atoms with van der Waals surface area (Å²) in [5.74, 6) is -0.104. The lowest BCUT2D eigenvalue weighted by Crippen LogP contribution is -2.27. The molecule has 0 bridgehead atoms. The molecule has 1 aromatic carbocycles. The molecule has 36 heavy (non-hydrogen) atoms. The third-order valence-corrected chi connectivity index (χ3v) is 4.43. The Hall–Kier alpha value is -1.67. The number of benzene rings is 1. The van der Waals surface area contributed by atoms with Gasteiger partial charge in [0, 0.05) is 18.7 Å². The minimum absolute atomic E-state index is 0.104. The number of hydrogen-bond donors (Lipinski definition) is 2. The Morgan fingerprint density at radius 1 is 0.528 bits per heavy atom. The first kappa shape index (κ1) is 32.4. The lowest BCUT2D eigenvalue weighted by molar-refractivity contribution is -0.0228. The van der Waals surface area contributed by atoms with E-state index in [0.717, 1.165) is 0 Å². The maximum Gasteiger partial charge on any atom is 0.251 e. The molecule has 0 atom stereocenters. The molecule has 11 heteroatoms. The standard InChI is InChI=1S/C25H44N2O9/c26-6-8-29-10-12-31-14-16-33-18-20-35-22-23-36-21-19-34-17-15-32-13-11-30-9-7-27-25(28)24-4-2-1-3-5-24/h1-5H,6-23,26H2,(H,27,28). The zero-order chi connectivity index (χ0) is 25.8. The van der Waals surface area contributed by atoms with Gasteiger partial charge in [0.1, 0.15) is 0 Å². The summed E-state index contributed by atoms with van der Waals surface area (Å²) in [5.41, 5.74) is 5.96. The van der Waals surface area contributed by atoms with Crippen molar-refractivity contribution in [3.8, 4) is 0 Å². The predicted molar refractivity (Wildman–Crippen MR) is 134 cm³/mol. The number of nitrogens with one attached hydrogen (secondary N) is 1. The molecule has 0 aliphatic carbocycles. The van der Waals surface area contributed by atoms with Gasteiger partial charge in [-0.3, -0.25) is 4.79 Å². The van der Waals surface area contributed by atoms with Crippen LogP contribution in [0.3, 0.4) is 0 Å². The molecule has 0 fully saturated rings. The van der Waals surface area contributed by atoms with Crippen LogP contribution in [0.15, 0.2) is 30.3 Å². The third kappa shape index (κ3) is 21.6. The van der Waals surface area contributed by atoms with E-state index in [2.05, 4.69) is 5.32 Å². The van der Waals surface area contributed by atoms with Crippen molar-refractivity contribution in [2.75, 3.05) is 119 Å². The van der Waals surface area contributed by atoms with E-state index in [-0.39, 0.29) is 5.91 Å². The second-order valence-electron chi connectivity index (χ2n) is 7.31. The van der Waals surface area contributed by atoms with Crippen LogP contribution in [0.25, 0.3) is 0 Å². The van der Waals surface area contributed by atoms with Crippen LogP contribution in [-0.2, 0) is 37.9 Å². The lowest BCUT2D eigenvalue weighted by atomic mass is 10.2. The molecule has 1 aromatic rings. The van der Waals surface area contributed by atoms with E-state index in [0.29, 0.717) is 124 Å². The molecule has 3 N–H and O–H groups in total. The van der Waals surface area contributed by atoms with Crippen molar-refractivity contribution in [1.29, 1.82) is 0 Å². The van der Waals surface area contributed by atoms with E-state index < -0.39 is 0 Å². The van der Waals surface area contributed by atoms with Crippen molar-refractivity contribution in [1.82, 2.24) is 5.32 Å². The van der Waals surface area contributed by atoms with Gasteiger partial charge in [-0.2, -0.15) is 0 Å². The van der Waals surface area contributed by atoms with E-state index in [1.165, 1.54) is 0 Å². The van der Waals surface area contributed by atoms with Crippen molar-refractivity contribution in [3.63, 3.8) is 0 Å². The number of carbonyl (C=O) groups is 1. The number of amides is 1. The van der Waals surface area contributed by atoms with Crippen LogP contribution in [0, 0.1) is 0 Å². The Bertz CT molecular complexity index is 596.